The van der Waals surface area contributed by atoms with Crippen LogP contribution >= 0.6 is 0 Å². The van der Waals surface area contributed by atoms with Gasteiger partial charge in [-0.1, -0.05) is 17.8 Å². The number of pyridine rings is 1. The topological polar surface area (TPSA) is 117 Å². The van der Waals surface area contributed by atoms with Crippen LogP contribution in [0.1, 0.15) is 23.3 Å². The van der Waals surface area contributed by atoms with E-state index in [0.717, 1.165) is 6.07 Å². The van der Waals surface area contributed by atoms with Gasteiger partial charge in [-0.15, -0.1) is 0 Å². The molecule has 0 unspecified atom stereocenters. The van der Waals surface area contributed by atoms with Crippen molar-refractivity contribution in [3.05, 3.63) is 72.9 Å². The van der Waals surface area contributed by atoms with Crippen molar-refractivity contribution in [1.82, 2.24) is 15.0 Å². The first-order chi connectivity index (χ1) is 16.4. The second-order valence-electron chi connectivity index (χ2n) is 7.76. The Bertz CT molecular complexity index is 1230. The zero-order valence-corrected chi connectivity index (χ0v) is 18.2. The largest absolute Gasteiger partial charge is 0.364 e. The summed E-state index contributed by atoms with van der Waals surface area (Å²) in [5, 5.41) is 8.95. The number of rotatable bonds is 6. The van der Waals surface area contributed by atoms with Gasteiger partial charge in [0.15, 0.2) is 0 Å². The van der Waals surface area contributed by atoms with Crippen LogP contribution in [0.15, 0.2) is 65.9 Å². The number of halogens is 1. The normalized spacial score (nSPS) is 15.4. The van der Waals surface area contributed by atoms with Gasteiger partial charge in [0.25, 0.3) is 5.91 Å². The Hall–Kier alpha value is -4.34. The van der Waals surface area contributed by atoms with Gasteiger partial charge < -0.3 is 20.1 Å². The monoisotopic (exact) mass is 463 g/mol. The SMILES string of the molecule is C=CC(=O)N1CCC[C@@H](C(=O)Nc2ccc(NC(=O)c3cccc(-c4ccon4)n3)cc2F)C1. The van der Waals surface area contributed by atoms with Gasteiger partial charge in [0.05, 0.1) is 17.3 Å². The number of carbonyl (C=O) groups excluding carboxylic acids is 3. The lowest BCUT2D eigenvalue weighted by atomic mass is 9.97. The molecule has 1 atom stereocenters. The molecular weight excluding hydrogens is 441 g/mol. The van der Waals surface area contributed by atoms with Gasteiger partial charge in [-0.05, 0) is 49.2 Å². The number of hydrogen-bond acceptors (Lipinski definition) is 6. The molecule has 1 fully saturated rings. The minimum Gasteiger partial charge on any atom is -0.364 e. The lowest BCUT2D eigenvalue weighted by Gasteiger charge is -2.31. The molecule has 0 bridgehead atoms. The van der Waals surface area contributed by atoms with Gasteiger partial charge in [0.2, 0.25) is 11.8 Å². The lowest BCUT2D eigenvalue weighted by Crippen LogP contribution is -2.43. The number of nitrogens with one attached hydrogen (secondary N) is 2. The molecule has 0 aliphatic carbocycles. The maximum atomic E-state index is 14.7. The number of carbonyl (C=O) groups is 3. The Labute approximate surface area is 194 Å². The molecule has 1 saturated heterocycles. The first-order valence-electron chi connectivity index (χ1n) is 10.7. The average Bonchev–Trinajstić information content (AvgIpc) is 3.40. The number of nitrogens with zero attached hydrogens (tertiary/aromatic N) is 3. The quantitative estimate of drug-likeness (QED) is 0.541. The molecule has 9 nitrogen and oxygen atoms in total. The van der Waals surface area contributed by atoms with E-state index in [-0.39, 0.29) is 35.4 Å². The van der Waals surface area contributed by atoms with Crippen LogP contribution in [0.2, 0.25) is 0 Å². The van der Waals surface area contributed by atoms with Crippen LogP contribution in [-0.4, -0.2) is 45.9 Å². The molecule has 1 aromatic carbocycles. The van der Waals surface area contributed by atoms with Crippen LogP contribution < -0.4 is 10.6 Å². The van der Waals surface area contributed by atoms with Crippen molar-refractivity contribution in [2.24, 2.45) is 5.92 Å². The number of piperidine rings is 1. The van der Waals surface area contributed by atoms with E-state index >= 15 is 0 Å². The molecule has 1 aliphatic heterocycles. The van der Waals surface area contributed by atoms with E-state index in [9.17, 15) is 18.8 Å². The summed E-state index contributed by atoms with van der Waals surface area (Å²) in [4.78, 5) is 42.8. The fraction of sp³-hybridized carbons (Fsp3) is 0.208. The van der Waals surface area contributed by atoms with Gasteiger partial charge >= 0.3 is 0 Å². The molecule has 0 saturated carbocycles. The number of anilines is 2. The summed E-state index contributed by atoms with van der Waals surface area (Å²) < 4.78 is 19.5. The Morgan fingerprint density at radius 1 is 1.15 bits per heavy atom. The predicted molar refractivity (Wildman–Crippen MR) is 122 cm³/mol. The first kappa shape index (κ1) is 22.8. The van der Waals surface area contributed by atoms with Crippen LogP contribution in [-0.2, 0) is 9.59 Å². The summed E-state index contributed by atoms with van der Waals surface area (Å²) in [5.74, 6) is -2.28. The van der Waals surface area contributed by atoms with E-state index in [1.165, 1.54) is 30.5 Å². The van der Waals surface area contributed by atoms with Crippen LogP contribution in [0.4, 0.5) is 15.8 Å². The molecular formula is C24H22FN5O4. The van der Waals surface area contributed by atoms with Gasteiger partial charge in [0, 0.05) is 24.8 Å². The van der Waals surface area contributed by atoms with Gasteiger partial charge in [-0.2, -0.15) is 0 Å². The van der Waals surface area contributed by atoms with E-state index in [4.69, 9.17) is 4.52 Å². The number of aromatic nitrogens is 2. The van der Waals surface area contributed by atoms with Crippen molar-refractivity contribution in [2.45, 2.75) is 12.8 Å². The smallest absolute Gasteiger partial charge is 0.274 e. The highest BCUT2D eigenvalue weighted by Crippen LogP contribution is 2.23. The standard InChI is InChI=1S/C24H22FN5O4/c1-2-22(31)30-11-4-5-15(14-30)23(32)28-18-9-8-16(13-17(18)25)26-24(33)21-7-3-6-19(27-21)20-10-12-34-29-20/h2-3,6-10,12-13,15H,1,4-5,11,14H2,(H,26,33)(H,28,32)/t15-/m1/s1. The van der Waals surface area contributed by atoms with E-state index in [0.29, 0.717) is 30.8 Å². The van der Waals surface area contributed by atoms with Crippen molar-refractivity contribution < 1.29 is 23.3 Å². The third-order valence-corrected chi connectivity index (χ3v) is 5.45. The molecule has 3 aromatic rings. The summed E-state index contributed by atoms with van der Waals surface area (Å²) in [5.41, 5.74) is 1.25. The van der Waals surface area contributed by atoms with Crippen LogP contribution in [0.3, 0.4) is 0 Å². The van der Waals surface area contributed by atoms with Crippen molar-refractivity contribution in [3.8, 4) is 11.4 Å². The van der Waals surface area contributed by atoms with Crippen molar-refractivity contribution in [3.63, 3.8) is 0 Å². The highest BCUT2D eigenvalue weighted by molar-refractivity contribution is 6.03. The Morgan fingerprint density at radius 2 is 2.00 bits per heavy atom. The molecule has 3 heterocycles. The van der Waals surface area contributed by atoms with E-state index < -0.39 is 17.6 Å². The molecule has 0 spiro atoms. The summed E-state index contributed by atoms with van der Waals surface area (Å²) in [6, 6.07) is 10.4. The lowest BCUT2D eigenvalue weighted by molar-refractivity contribution is -0.130. The van der Waals surface area contributed by atoms with Crippen molar-refractivity contribution >= 4 is 29.1 Å². The van der Waals surface area contributed by atoms with Gasteiger partial charge in [0.1, 0.15) is 23.5 Å². The third kappa shape index (κ3) is 5.17. The zero-order chi connectivity index (χ0) is 24.1. The Balaban J connectivity index is 1.40. The minimum absolute atomic E-state index is 0.0127. The first-order valence-corrected chi connectivity index (χ1v) is 10.7. The maximum absolute atomic E-state index is 14.7. The molecule has 174 valence electrons. The fourth-order valence-corrected chi connectivity index (χ4v) is 3.69. The highest BCUT2D eigenvalue weighted by Gasteiger charge is 2.28. The van der Waals surface area contributed by atoms with E-state index in [1.54, 1.807) is 23.1 Å². The molecule has 3 amide bonds. The average molecular weight is 463 g/mol. The fourth-order valence-electron chi connectivity index (χ4n) is 3.69. The minimum atomic E-state index is -0.703. The number of likely N-dealkylation sites (tertiary alicyclic amines) is 1. The molecule has 0 radical (unpaired) electrons. The van der Waals surface area contributed by atoms with E-state index in [2.05, 4.69) is 27.4 Å². The van der Waals surface area contributed by atoms with Crippen molar-refractivity contribution in [1.29, 1.82) is 0 Å². The van der Waals surface area contributed by atoms with Crippen molar-refractivity contribution in [2.75, 3.05) is 23.7 Å². The number of amides is 3. The summed E-state index contributed by atoms with van der Waals surface area (Å²) >= 11 is 0. The summed E-state index contributed by atoms with van der Waals surface area (Å²) in [6.07, 6.45) is 3.89. The zero-order valence-electron chi connectivity index (χ0n) is 18.2. The second-order valence-corrected chi connectivity index (χ2v) is 7.76. The summed E-state index contributed by atoms with van der Waals surface area (Å²) in [7, 11) is 0. The Morgan fingerprint density at radius 3 is 2.74 bits per heavy atom. The Kier molecular flexibility index (Phi) is 6.77. The molecule has 2 aromatic heterocycles. The third-order valence-electron chi connectivity index (χ3n) is 5.45. The van der Waals surface area contributed by atoms with Gasteiger partial charge in [-0.3, -0.25) is 14.4 Å². The number of benzene rings is 1. The summed E-state index contributed by atoms with van der Waals surface area (Å²) in [6.45, 7) is 4.29. The molecule has 10 heteroatoms. The maximum Gasteiger partial charge on any atom is 0.274 e. The molecule has 34 heavy (non-hydrogen) atoms. The van der Waals surface area contributed by atoms with Gasteiger partial charge in [-0.25, -0.2) is 9.37 Å². The van der Waals surface area contributed by atoms with Crippen LogP contribution in [0, 0.1) is 11.7 Å². The molecule has 4 rings (SSSR count). The highest BCUT2D eigenvalue weighted by atomic mass is 19.1. The number of hydrogen-bond donors (Lipinski definition) is 2. The van der Waals surface area contributed by atoms with Crippen LogP contribution in [0.25, 0.3) is 11.4 Å². The second kappa shape index (κ2) is 10.1. The van der Waals surface area contributed by atoms with E-state index in [1.807, 2.05) is 0 Å². The molecule has 1 aliphatic rings. The van der Waals surface area contributed by atoms with Crippen LogP contribution in [0.5, 0.6) is 0 Å². The predicted octanol–water partition coefficient (Wildman–Crippen LogP) is 3.49. The molecule has 2 N–H and O–H groups in total.